The molecule has 0 radical (unpaired) electrons. The fraction of sp³-hybridized carbons (Fsp3) is 0.286. The molecule has 0 spiro atoms. The van der Waals surface area contributed by atoms with E-state index in [-0.39, 0.29) is 18.2 Å². The third-order valence-corrected chi connectivity index (χ3v) is 2.93. The van der Waals surface area contributed by atoms with Gasteiger partial charge in [-0.1, -0.05) is 18.2 Å². The molecule has 1 heterocycles. The molecule has 6 nitrogen and oxygen atoms in total. The van der Waals surface area contributed by atoms with Gasteiger partial charge < -0.3 is 19.6 Å². The van der Waals surface area contributed by atoms with E-state index in [1.54, 1.807) is 12.1 Å². The number of carbonyl (C=O) groups is 2. The van der Waals surface area contributed by atoms with Crippen LogP contribution in [0.4, 0.5) is 0 Å². The Balaban J connectivity index is 2.13. The van der Waals surface area contributed by atoms with Crippen LogP contribution in [0.3, 0.4) is 0 Å². The second-order valence-electron chi connectivity index (χ2n) is 4.21. The van der Waals surface area contributed by atoms with Crippen molar-refractivity contribution in [2.75, 3.05) is 13.7 Å². The first-order chi connectivity index (χ1) is 9.63. The molecule has 2 aromatic rings. The zero-order valence-electron chi connectivity index (χ0n) is 11.0. The Morgan fingerprint density at radius 3 is 2.80 bits per heavy atom. The number of furan rings is 1. The number of aromatic carboxylic acids is 1. The van der Waals surface area contributed by atoms with Gasteiger partial charge in [-0.05, 0) is 6.07 Å². The Hall–Kier alpha value is -2.34. The molecule has 6 heteroatoms. The van der Waals surface area contributed by atoms with Crippen LogP contribution in [0, 0.1) is 0 Å². The molecule has 2 rings (SSSR count). The monoisotopic (exact) mass is 277 g/mol. The fourth-order valence-corrected chi connectivity index (χ4v) is 1.95. The first kappa shape index (κ1) is 14.1. The van der Waals surface area contributed by atoms with Gasteiger partial charge in [-0.15, -0.1) is 0 Å². The molecule has 0 saturated carbocycles. The summed E-state index contributed by atoms with van der Waals surface area (Å²) in [7, 11) is 1.33. The second kappa shape index (κ2) is 6.21. The lowest BCUT2D eigenvalue weighted by Gasteiger charge is -2.03. The van der Waals surface area contributed by atoms with Crippen LogP contribution < -0.4 is 5.32 Å². The summed E-state index contributed by atoms with van der Waals surface area (Å²) in [4.78, 5) is 22.2. The van der Waals surface area contributed by atoms with Gasteiger partial charge in [0.15, 0.2) is 0 Å². The molecule has 1 aromatic heterocycles. The average Bonchev–Trinajstić information content (AvgIpc) is 2.82. The molecule has 1 aromatic carbocycles. The number of carboxylic acids is 1. The maximum Gasteiger partial charge on any atom is 0.372 e. The van der Waals surface area contributed by atoms with Crippen LogP contribution in [0.25, 0.3) is 11.0 Å². The minimum absolute atomic E-state index is 0.0724. The average molecular weight is 277 g/mol. The number of carboxylic acid groups (broad SMARTS) is 1. The summed E-state index contributed by atoms with van der Waals surface area (Å²) in [6.45, 7) is 0.723. The predicted octanol–water partition coefficient (Wildman–Crippen LogP) is 1.78. The first-order valence-corrected chi connectivity index (χ1v) is 6.14. The van der Waals surface area contributed by atoms with Crippen molar-refractivity contribution >= 4 is 22.9 Å². The topological polar surface area (TPSA) is 88.8 Å². The molecule has 0 bridgehead atoms. The number of hydrogen-bond donors (Lipinski definition) is 2. The number of hydrogen-bond acceptors (Lipinski definition) is 5. The molecule has 2 N–H and O–H groups in total. The van der Waals surface area contributed by atoms with Crippen LogP contribution in [-0.4, -0.2) is 30.7 Å². The second-order valence-corrected chi connectivity index (χ2v) is 4.21. The summed E-state index contributed by atoms with van der Waals surface area (Å²) in [6, 6.07) is 7.13. The van der Waals surface area contributed by atoms with Crippen LogP contribution >= 0.6 is 0 Å². The summed E-state index contributed by atoms with van der Waals surface area (Å²) >= 11 is 0. The molecule has 20 heavy (non-hydrogen) atoms. The van der Waals surface area contributed by atoms with Crippen LogP contribution in [0.2, 0.25) is 0 Å². The summed E-state index contributed by atoms with van der Waals surface area (Å²) in [5, 5.41) is 12.9. The highest BCUT2D eigenvalue weighted by Crippen LogP contribution is 2.25. The quantitative estimate of drug-likeness (QED) is 0.618. The van der Waals surface area contributed by atoms with Crippen molar-refractivity contribution in [3.05, 3.63) is 35.6 Å². The summed E-state index contributed by atoms with van der Waals surface area (Å²) < 4.78 is 9.86. The number of nitrogens with one attached hydrogen (secondary N) is 1. The summed E-state index contributed by atoms with van der Waals surface area (Å²) in [5.41, 5.74) is 1.12. The first-order valence-electron chi connectivity index (χ1n) is 6.14. The van der Waals surface area contributed by atoms with Crippen LogP contribution in [0.5, 0.6) is 0 Å². The van der Waals surface area contributed by atoms with E-state index in [9.17, 15) is 9.59 Å². The van der Waals surface area contributed by atoms with Crippen molar-refractivity contribution in [3.63, 3.8) is 0 Å². The SMILES string of the molecule is COC(=O)CCNCc1c(C(=O)O)oc2ccccc12. The molecule has 0 aliphatic carbocycles. The normalized spacial score (nSPS) is 10.7. The number of carbonyl (C=O) groups excluding carboxylic acids is 1. The zero-order chi connectivity index (χ0) is 14.5. The molecule has 0 amide bonds. The minimum atomic E-state index is -1.11. The van der Waals surface area contributed by atoms with Crippen molar-refractivity contribution in [2.45, 2.75) is 13.0 Å². The van der Waals surface area contributed by atoms with E-state index in [2.05, 4.69) is 10.1 Å². The van der Waals surface area contributed by atoms with E-state index < -0.39 is 5.97 Å². The third-order valence-electron chi connectivity index (χ3n) is 2.93. The largest absolute Gasteiger partial charge is 0.475 e. The summed E-state index contributed by atoms with van der Waals surface area (Å²) in [6.07, 6.45) is 0.231. The van der Waals surface area contributed by atoms with Gasteiger partial charge >= 0.3 is 11.9 Å². The van der Waals surface area contributed by atoms with Gasteiger partial charge in [0.1, 0.15) is 5.58 Å². The van der Waals surface area contributed by atoms with E-state index >= 15 is 0 Å². The number of rotatable bonds is 6. The van der Waals surface area contributed by atoms with Gasteiger partial charge in [-0.3, -0.25) is 4.79 Å². The van der Waals surface area contributed by atoms with Crippen molar-refractivity contribution in [1.82, 2.24) is 5.32 Å². The van der Waals surface area contributed by atoms with Crippen molar-refractivity contribution in [1.29, 1.82) is 0 Å². The lowest BCUT2D eigenvalue weighted by molar-refractivity contribution is -0.140. The smallest absolute Gasteiger partial charge is 0.372 e. The highest BCUT2D eigenvalue weighted by atomic mass is 16.5. The van der Waals surface area contributed by atoms with E-state index in [4.69, 9.17) is 9.52 Å². The number of methoxy groups -OCH3 is 1. The van der Waals surface area contributed by atoms with Crippen molar-refractivity contribution in [2.24, 2.45) is 0 Å². The Bertz CT molecular complexity index is 632. The Morgan fingerprint density at radius 1 is 1.35 bits per heavy atom. The van der Waals surface area contributed by atoms with Crippen LogP contribution in [-0.2, 0) is 16.1 Å². The Kier molecular flexibility index (Phi) is 4.37. The molecule has 0 unspecified atom stereocenters. The Morgan fingerprint density at radius 2 is 2.10 bits per heavy atom. The van der Waals surface area contributed by atoms with E-state index in [1.807, 2.05) is 12.1 Å². The molecule has 106 valence electrons. The molecule has 0 fully saturated rings. The lowest BCUT2D eigenvalue weighted by atomic mass is 10.1. The molecule has 0 atom stereocenters. The Labute approximate surface area is 115 Å². The van der Waals surface area contributed by atoms with Crippen LogP contribution in [0.1, 0.15) is 22.5 Å². The van der Waals surface area contributed by atoms with Gasteiger partial charge in [-0.25, -0.2) is 4.79 Å². The van der Waals surface area contributed by atoms with E-state index in [0.29, 0.717) is 24.2 Å². The molecule has 0 saturated heterocycles. The maximum absolute atomic E-state index is 11.2. The molecule has 0 aliphatic rings. The number of para-hydroxylation sites is 1. The van der Waals surface area contributed by atoms with E-state index in [0.717, 1.165) is 5.39 Å². The van der Waals surface area contributed by atoms with Gasteiger partial charge in [0.25, 0.3) is 0 Å². The van der Waals surface area contributed by atoms with Gasteiger partial charge in [0, 0.05) is 24.0 Å². The zero-order valence-corrected chi connectivity index (χ0v) is 11.0. The molecular formula is C14H15NO5. The highest BCUT2D eigenvalue weighted by Gasteiger charge is 2.19. The van der Waals surface area contributed by atoms with Gasteiger partial charge in [-0.2, -0.15) is 0 Å². The number of ether oxygens (including phenoxy) is 1. The molecular weight excluding hydrogens is 262 g/mol. The fourth-order valence-electron chi connectivity index (χ4n) is 1.95. The lowest BCUT2D eigenvalue weighted by Crippen LogP contribution is -2.19. The molecule has 0 aliphatic heterocycles. The standard InChI is InChI=1S/C14H15NO5/c1-19-12(16)6-7-15-8-10-9-4-2-3-5-11(9)20-13(10)14(17)18/h2-5,15H,6-8H2,1H3,(H,17,18). The summed E-state index contributed by atoms with van der Waals surface area (Å²) in [5.74, 6) is -1.49. The van der Waals surface area contributed by atoms with Crippen molar-refractivity contribution < 1.29 is 23.8 Å². The van der Waals surface area contributed by atoms with Gasteiger partial charge in [0.05, 0.1) is 13.5 Å². The highest BCUT2D eigenvalue weighted by molar-refractivity contribution is 5.95. The number of fused-ring (bicyclic) bond motifs is 1. The predicted molar refractivity (Wildman–Crippen MR) is 71.5 cm³/mol. The number of esters is 1. The minimum Gasteiger partial charge on any atom is -0.475 e. The van der Waals surface area contributed by atoms with Crippen molar-refractivity contribution in [3.8, 4) is 0 Å². The van der Waals surface area contributed by atoms with Crippen LogP contribution in [0.15, 0.2) is 28.7 Å². The van der Waals surface area contributed by atoms with Gasteiger partial charge in [0.2, 0.25) is 5.76 Å². The van der Waals surface area contributed by atoms with E-state index in [1.165, 1.54) is 7.11 Å². The number of benzene rings is 1. The third kappa shape index (κ3) is 2.97. The maximum atomic E-state index is 11.2.